The summed E-state index contributed by atoms with van der Waals surface area (Å²) >= 11 is 1.63. The molecule has 0 saturated carbocycles. The average molecular weight is 276 g/mol. The Bertz CT molecular complexity index is 563. The van der Waals surface area contributed by atoms with Gasteiger partial charge in [0.1, 0.15) is 0 Å². The summed E-state index contributed by atoms with van der Waals surface area (Å²) in [5.41, 5.74) is 1.40. The molecule has 0 unspecified atom stereocenters. The molecule has 100 valence electrons. The van der Waals surface area contributed by atoms with Gasteiger partial charge in [0.2, 0.25) is 0 Å². The van der Waals surface area contributed by atoms with Crippen molar-refractivity contribution >= 4 is 17.2 Å². The van der Waals surface area contributed by atoms with Crippen LogP contribution in [0.25, 0.3) is 10.6 Å². The summed E-state index contributed by atoms with van der Waals surface area (Å²) in [6, 6.07) is 6.05. The first-order valence-electron chi connectivity index (χ1n) is 6.36. The van der Waals surface area contributed by atoms with E-state index in [0.717, 1.165) is 30.2 Å². The van der Waals surface area contributed by atoms with Crippen LogP contribution in [0.15, 0.2) is 23.6 Å². The summed E-state index contributed by atoms with van der Waals surface area (Å²) in [7, 11) is 0. The number of nitrogens with zero attached hydrogens (tertiary/aromatic N) is 2. The van der Waals surface area contributed by atoms with E-state index in [9.17, 15) is 4.79 Å². The highest BCUT2D eigenvalue weighted by Crippen LogP contribution is 2.23. The highest BCUT2D eigenvalue weighted by molar-refractivity contribution is 7.13. The van der Waals surface area contributed by atoms with Crippen molar-refractivity contribution < 1.29 is 4.79 Å². The SMILES string of the molecule is C[C@@H]1CNCCN1C(=O)c1cc(-c2cccs2)[nH]n1. The number of rotatable bonds is 2. The number of aromatic nitrogens is 2. The Kier molecular flexibility index (Phi) is 3.35. The van der Waals surface area contributed by atoms with Crippen LogP contribution < -0.4 is 5.32 Å². The van der Waals surface area contributed by atoms with Crippen LogP contribution in [0.1, 0.15) is 17.4 Å². The van der Waals surface area contributed by atoms with Crippen LogP contribution in [0.2, 0.25) is 0 Å². The Morgan fingerprint density at radius 1 is 1.58 bits per heavy atom. The summed E-state index contributed by atoms with van der Waals surface area (Å²) in [5.74, 6) is 0.00746. The van der Waals surface area contributed by atoms with Gasteiger partial charge >= 0.3 is 0 Å². The third-order valence-electron chi connectivity index (χ3n) is 3.35. The molecular weight excluding hydrogens is 260 g/mol. The fourth-order valence-corrected chi connectivity index (χ4v) is 2.97. The number of H-pyrrole nitrogens is 1. The first kappa shape index (κ1) is 12.4. The predicted molar refractivity (Wildman–Crippen MR) is 75.3 cm³/mol. The van der Waals surface area contributed by atoms with E-state index < -0.39 is 0 Å². The van der Waals surface area contributed by atoms with Crippen molar-refractivity contribution in [3.63, 3.8) is 0 Å². The van der Waals surface area contributed by atoms with Gasteiger partial charge in [-0.3, -0.25) is 9.89 Å². The van der Waals surface area contributed by atoms with Crippen molar-refractivity contribution in [2.75, 3.05) is 19.6 Å². The molecule has 0 radical (unpaired) electrons. The van der Waals surface area contributed by atoms with Crippen molar-refractivity contribution in [3.8, 4) is 10.6 Å². The standard InChI is InChI=1S/C13H16N4OS/c1-9-8-14-4-5-17(9)13(18)11-7-10(15-16-11)12-3-2-6-19-12/h2-3,6-7,9,14H,4-5,8H2,1H3,(H,15,16)/t9-/m1/s1. The van der Waals surface area contributed by atoms with Crippen LogP contribution in [0, 0.1) is 0 Å². The highest BCUT2D eigenvalue weighted by atomic mass is 32.1. The number of hydrogen-bond acceptors (Lipinski definition) is 4. The second-order valence-corrected chi connectivity index (χ2v) is 5.64. The first-order valence-corrected chi connectivity index (χ1v) is 7.24. The molecule has 1 atom stereocenters. The zero-order valence-electron chi connectivity index (χ0n) is 10.7. The van der Waals surface area contributed by atoms with Crippen LogP contribution in [0.4, 0.5) is 0 Å². The molecule has 0 spiro atoms. The van der Waals surface area contributed by atoms with Gasteiger partial charge in [0.05, 0.1) is 10.6 Å². The quantitative estimate of drug-likeness (QED) is 0.875. The molecule has 1 aliphatic heterocycles. The molecular formula is C13H16N4OS. The maximum absolute atomic E-state index is 12.4. The molecule has 1 amide bonds. The zero-order valence-corrected chi connectivity index (χ0v) is 11.5. The van der Waals surface area contributed by atoms with Crippen molar-refractivity contribution in [3.05, 3.63) is 29.3 Å². The molecule has 1 fully saturated rings. The Labute approximate surface area is 115 Å². The minimum atomic E-state index is 0.00746. The number of thiophene rings is 1. The number of carbonyl (C=O) groups excluding carboxylic acids is 1. The predicted octanol–water partition coefficient (Wildman–Crippen LogP) is 1.57. The van der Waals surface area contributed by atoms with Gasteiger partial charge in [-0.2, -0.15) is 5.10 Å². The molecule has 3 heterocycles. The molecule has 2 aromatic heterocycles. The van der Waals surface area contributed by atoms with Gasteiger partial charge in [-0.15, -0.1) is 11.3 Å². The van der Waals surface area contributed by atoms with Crippen LogP contribution in [-0.4, -0.2) is 46.7 Å². The molecule has 1 aliphatic rings. The van der Waals surface area contributed by atoms with E-state index in [1.807, 2.05) is 28.5 Å². The van der Waals surface area contributed by atoms with E-state index in [1.165, 1.54) is 0 Å². The normalized spacial score (nSPS) is 19.6. The van der Waals surface area contributed by atoms with E-state index in [2.05, 4.69) is 22.4 Å². The largest absolute Gasteiger partial charge is 0.332 e. The third kappa shape index (κ3) is 2.41. The molecule has 5 nitrogen and oxygen atoms in total. The number of hydrogen-bond donors (Lipinski definition) is 2. The minimum Gasteiger partial charge on any atom is -0.332 e. The first-order chi connectivity index (χ1) is 9.25. The number of nitrogens with one attached hydrogen (secondary N) is 2. The fraction of sp³-hybridized carbons (Fsp3) is 0.385. The van der Waals surface area contributed by atoms with Gasteiger partial charge in [0.15, 0.2) is 5.69 Å². The fourth-order valence-electron chi connectivity index (χ4n) is 2.28. The van der Waals surface area contributed by atoms with E-state index in [1.54, 1.807) is 11.3 Å². The Morgan fingerprint density at radius 2 is 2.47 bits per heavy atom. The summed E-state index contributed by atoms with van der Waals surface area (Å²) in [5, 5.41) is 12.4. The van der Waals surface area contributed by atoms with Gasteiger partial charge < -0.3 is 10.2 Å². The molecule has 3 rings (SSSR count). The van der Waals surface area contributed by atoms with Gasteiger partial charge in [0, 0.05) is 25.7 Å². The van der Waals surface area contributed by atoms with Crippen molar-refractivity contribution in [1.82, 2.24) is 20.4 Å². The maximum Gasteiger partial charge on any atom is 0.274 e. The van der Waals surface area contributed by atoms with Crippen molar-refractivity contribution in [2.45, 2.75) is 13.0 Å². The van der Waals surface area contributed by atoms with Crippen LogP contribution in [0.3, 0.4) is 0 Å². The van der Waals surface area contributed by atoms with Gasteiger partial charge in [-0.05, 0) is 24.4 Å². The van der Waals surface area contributed by atoms with E-state index in [-0.39, 0.29) is 11.9 Å². The second kappa shape index (κ2) is 5.14. The monoisotopic (exact) mass is 276 g/mol. The minimum absolute atomic E-state index is 0.00746. The molecule has 0 bridgehead atoms. The molecule has 1 saturated heterocycles. The highest BCUT2D eigenvalue weighted by Gasteiger charge is 2.25. The van der Waals surface area contributed by atoms with Gasteiger partial charge in [-0.1, -0.05) is 6.07 Å². The summed E-state index contributed by atoms with van der Waals surface area (Å²) in [6.45, 7) is 4.48. The molecule has 2 aromatic rings. The van der Waals surface area contributed by atoms with E-state index >= 15 is 0 Å². The van der Waals surface area contributed by atoms with E-state index in [4.69, 9.17) is 0 Å². The van der Waals surface area contributed by atoms with Crippen LogP contribution >= 0.6 is 11.3 Å². The Hall–Kier alpha value is -1.66. The molecule has 0 aliphatic carbocycles. The molecule has 2 N–H and O–H groups in total. The lowest BCUT2D eigenvalue weighted by molar-refractivity contribution is 0.0649. The lowest BCUT2D eigenvalue weighted by atomic mass is 10.2. The Morgan fingerprint density at radius 3 is 3.21 bits per heavy atom. The molecule has 19 heavy (non-hydrogen) atoms. The van der Waals surface area contributed by atoms with E-state index in [0.29, 0.717) is 5.69 Å². The number of piperazine rings is 1. The topological polar surface area (TPSA) is 61.0 Å². The van der Waals surface area contributed by atoms with Gasteiger partial charge in [0.25, 0.3) is 5.91 Å². The summed E-state index contributed by atoms with van der Waals surface area (Å²) < 4.78 is 0. The summed E-state index contributed by atoms with van der Waals surface area (Å²) in [6.07, 6.45) is 0. The summed E-state index contributed by atoms with van der Waals surface area (Å²) in [4.78, 5) is 15.4. The number of carbonyl (C=O) groups is 1. The third-order valence-corrected chi connectivity index (χ3v) is 4.25. The molecule has 6 heteroatoms. The number of aromatic amines is 1. The van der Waals surface area contributed by atoms with Crippen molar-refractivity contribution in [1.29, 1.82) is 0 Å². The van der Waals surface area contributed by atoms with Crippen LogP contribution in [-0.2, 0) is 0 Å². The average Bonchev–Trinajstić information content (AvgIpc) is 3.09. The lowest BCUT2D eigenvalue weighted by Crippen LogP contribution is -2.52. The smallest absolute Gasteiger partial charge is 0.274 e. The lowest BCUT2D eigenvalue weighted by Gasteiger charge is -2.33. The number of amides is 1. The van der Waals surface area contributed by atoms with Gasteiger partial charge in [-0.25, -0.2) is 0 Å². The van der Waals surface area contributed by atoms with Crippen LogP contribution in [0.5, 0.6) is 0 Å². The maximum atomic E-state index is 12.4. The van der Waals surface area contributed by atoms with Crippen molar-refractivity contribution in [2.24, 2.45) is 0 Å². The second-order valence-electron chi connectivity index (χ2n) is 4.70. The zero-order chi connectivity index (χ0) is 13.2. The molecule has 0 aromatic carbocycles. The Balaban J connectivity index is 1.80.